The van der Waals surface area contributed by atoms with Crippen LogP contribution in [-0.2, 0) is 0 Å². The van der Waals surface area contributed by atoms with E-state index >= 15 is 0 Å². The van der Waals surface area contributed by atoms with Gasteiger partial charge in [0.2, 0.25) is 0 Å². The Balaban J connectivity index is 2.40. The first-order chi connectivity index (χ1) is 8.63. The third-order valence-electron chi connectivity index (χ3n) is 2.53. The van der Waals surface area contributed by atoms with Gasteiger partial charge in [-0.15, -0.1) is 0 Å². The van der Waals surface area contributed by atoms with Gasteiger partial charge in [-0.05, 0) is 19.1 Å². The fourth-order valence-corrected chi connectivity index (χ4v) is 2.06. The summed E-state index contributed by atoms with van der Waals surface area (Å²) in [5.74, 6) is 1.43. The molecule has 2 rings (SSSR count). The molecule has 1 aromatic heterocycles. The van der Waals surface area contributed by atoms with Crippen LogP contribution in [-0.4, -0.2) is 17.0 Å². The maximum Gasteiger partial charge on any atom is 0.138 e. The van der Waals surface area contributed by atoms with Gasteiger partial charge in [0.25, 0.3) is 0 Å². The van der Waals surface area contributed by atoms with Gasteiger partial charge in [-0.2, -0.15) is 0 Å². The van der Waals surface area contributed by atoms with E-state index in [4.69, 9.17) is 23.2 Å². The molecular weight excluding hydrogens is 271 g/mol. The molecule has 1 aromatic carbocycles. The number of hydrogen-bond donors (Lipinski definition) is 2. The second-order valence-corrected chi connectivity index (χ2v) is 4.48. The molecule has 0 bridgehead atoms. The van der Waals surface area contributed by atoms with E-state index in [0.717, 1.165) is 11.4 Å². The van der Waals surface area contributed by atoms with E-state index in [9.17, 15) is 0 Å². The number of hydrogen-bond acceptors (Lipinski definition) is 4. The standard InChI is InChI=1S/C12H12Cl2N4/c1-7-11(15-2)16-6-17-12(7)18-10-8(13)4-3-5-9(10)14/h3-6H,1-2H3,(H2,15,16,17,18). The number of aromatic nitrogens is 2. The van der Waals surface area contributed by atoms with E-state index in [1.165, 1.54) is 6.33 Å². The van der Waals surface area contributed by atoms with Crippen molar-refractivity contribution in [1.82, 2.24) is 9.97 Å². The molecule has 0 aliphatic carbocycles. The number of nitrogens with one attached hydrogen (secondary N) is 2. The lowest BCUT2D eigenvalue weighted by Gasteiger charge is -2.13. The molecule has 6 heteroatoms. The van der Waals surface area contributed by atoms with Crippen molar-refractivity contribution in [3.63, 3.8) is 0 Å². The molecule has 2 aromatic rings. The Labute approximate surface area is 115 Å². The first-order valence-electron chi connectivity index (χ1n) is 5.34. The predicted molar refractivity (Wildman–Crippen MR) is 76.1 cm³/mol. The van der Waals surface area contributed by atoms with Crippen LogP contribution >= 0.6 is 23.2 Å². The summed E-state index contributed by atoms with van der Waals surface area (Å²) in [6.07, 6.45) is 1.48. The molecule has 0 radical (unpaired) electrons. The minimum Gasteiger partial charge on any atom is -0.373 e. The minimum atomic E-state index is 0.548. The Morgan fingerprint density at radius 1 is 1.06 bits per heavy atom. The Kier molecular flexibility index (Phi) is 3.89. The summed E-state index contributed by atoms with van der Waals surface area (Å²) in [5, 5.41) is 7.22. The third-order valence-corrected chi connectivity index (χ3v) is 3.16. The maximum absolute atomic E-state index is 6.10. The minimum absolute atomic E-state index is 0.548. The topological polar surface area (TPSA) is 49.8 Å². The second-order valence-electron chi connectivity index (χ2n) is 3.67. The van der Waals surface area contributed by atoms with Gasteiger partial charge in [0.05, 0.1) is 15.7 Å². The Morgan fingerprint density at radius 2 is 1.67 bits per heavy atom. The van der Waals surface area contributed by atoms with Crippen molar-refractivity contribution in [2.75, 3.05) is 17.7 Å². The number of benzene rings is 1. The van der Waals surface area contributed by atoms with Gasteiger partial charge in [-0.1, -0.05) is 29.3 Å². The lowest BCUT2D eigenvalue weighted by atomic mass is 10.2. The lowest BCUT2D eigenvalue weighted by molar-refractivity contribution is 1.12. The van der Waals surface area contributed by atoms with Crippen molar-refractivity contribution in [2.24, 2.45) is 0 Å². The van der Waals surface area contributed by atoms with Gasteiger partial charge >= 0.3 is 0 Å². The summed E-state index contributed by atoms with van der Waals surface area (Å²) < 4.78 is 0. The van der Waals surface area contributed by atoms with E-state index in [1.807, 2.05) is 14.0 Å². The van der Waals surface area contributed by atoms with Crippen molar-refractivity contribution >= 4 is 40.5 Å². The highest BCUT2D eigenvalue weighted by Gasteiger charge is 2.10. The molecule has 0 aliphatic heterocycles. The average molecular weight is 283 g/mol. The van der Waals surface area contributed by atoms with Crippen LogP contribution in [0.3, 0.4) is 0 Å². The summed E-state index contributed by atoms with van der Waals surface area (Å²) in [5.41, 5.74) is 1.54. The Hall–Kier alpha value is -1.52. The highest BCUT2D eigenvalue weighted by atomic mass is 35.5. The van der Waals surface area contributed by atoms with Crippen LogP contribution in [0, 0.1) is 6.92 Å². The van der Waals surface area contributed by atoms with E-state index in [0.29, 0.717) is 21.6 Å². The molecule has 4 nitrogen and oxygen atoms in total. The SMILES string of the molecule is CNc1ncnc(Nc2c(Cl)cccc2Cl)c1C. The zero-order chi connectivity index (χ0) is 13.1. The molecule has 1 heterocycles. The molecule has 0 aliphatic rings. The quantitative estimate of drug-likeness (QED) is 0.897. The number of anilines is 3. The molecule has 0 saturated heterocycles. The van der Waals surface area contributed by atoms with Crippen LogP contribution < -0.4 is 10.6 Å². The summed E-state index contributed by atoms with van der Waals surface area (Å²) >= 11 is 12.2. The van der Waals surface area contributed by atoms with Gasteiger partial charge in [0.15, 0.2) is 0 Å². The second kappa shape index (κ2) is 5.42. The molecule has 0 spiro atoms. The molecule has 2 N–H and O–H groups in total. The fourth-order valence-electron chi connectivity index (χ4n) is 1.56. The van der Waals surface area contributed by atoms with Gasteiger partial charge in [0, 0.05) is 12.6 Å². The first-order valence-corrected chi connectivity index (χ1v) is 6.09. The van der Waals surface area contributed by atoms with Crippen LogP contribution in [0.4, 0.5) is 17.3 Å². The fraction of sp³-hybridized carbons (Fsp3) is 0.167. The summed E-state index contributed by atoms with van der Waals surface area (Å²) in [6, 6.07) is 5.33. The van der Waals surface area contributed by atoms with Gasteiger partial charge < -0.3 is 10.6 Å². The molecule has 94 valence electrons. The molecule has 18 heavy (non-hydrogen) atoms. The van der Waals surface area contributed by atoms with Crippen molar-refractivity contribution in [3.05, 3.63) is 40.1 Å². The summed E-state index contributed by atoms with van der Waals surface area (Å²) in [7, 11) is 1.81. The normalized spacial score (nSPS) is 10.2. The molecule has 0 fully saturated rings. The maximum atomic E-state index is 6.10. The number of para-hydroxylation sites is 1. The molecule has 0 amide bonds. The van der Waals surface area contributed by atoms with Crippen LogP contribution in [0.1, 0.15) is 5.56 Å². The highest BCUT2D eigenvalue weighted by molar-refractivity contribution is 6.39. The molecule has 0 atom stereocenters. The lowest BCUT2D eigenvalue weighted by Crippen LogP contribution is -2.03. The van der Waals surface area contributed by atoms with Gasteiger partial charge in [-0.3, -0.25) is 0 Å². The zero-order valence-corrected chi connectivity index (χ0v) is 11.5. The van der Waals surface area contributed by atoms with Crippen molar-refractivity contribution < 1.29 is 0 Å². The molecule has 0 saturated carbocycles. The molecular formula is C12H12Cl2N4. The number of nitrogens with zero attached hydrogens (tertiary/aromatic N) is 2. The molecule has 0 unspecified atom stereocenters. The van der Waals surface area contributed by atoms with E-state index in [2.05, 4.69) is 20.6 Å². The Morgan fingerprint density at radius 3 is 2.28 bits per heavy atom. The number of halogens is 2. The zero-order valence-electron chi connectivity index (χ0n) is 9.96. The Bertz CT molecular complexity index is 552. The van der Waals surface area contributed by atoms with Crippen molar-refractivity contribution in [3.8, 4) is 0 Å². The van der Waals surface area contributed by atoms with Crippen LogP contribution in [0.2, 0.25) is 10.0 Å². The monoisotopic (exact) mass is 282 g/mol. The predicted octanol–water partition coefficient (Wildman–Crippen LogP) is 3.88. The van der Waals surface area contributed by atoms with Gasteiger partial charge in [-0.25, -0.2) is 9.97 Å². The van der Waals surface area contributed by atoms with E-state index in [1.54, 1.807) is 18.2 Å². The summed E-state index contributed by atoms with van der Waals surface area (Å²) in [4.78, 5) is 8.30. The highest BCUT2D eigenvalue weighted by Crippen LogP contribution is 2.33. The van der Waals surface area contributed by atoms with Crippen molar-refractivity contribution in [1.29, 1.82) is 0 Å². The van der Waals surface area contributed by atoms with Gasteiger partial charge in [0.1, 0.15) is 18.0 Å². The average Bonchev–Trinajstić information content (AvgIpc) is 2.36. The first kappa shape index (κ1) is 12.9. The van der Waals surface area contributed by atoms with Crippen LogP contribution in [0.5, 0.6) is 0 Å². The van der Waals surface area contributed by atoms with Crippen LogP contribution in [0.25, 0.3) is 0 Å². The van der Waals surface area contributed by atoms with E-state index < -0.39 is 0 Å². The van der Waals surface area contributed by atoms with E-state index in [-0.39, 0.29) is 0 Å². The van der Waals surface area contributed by atoms with Crippen LogP contribution in [0.15, 0.2) is 24.5 Å². The third kappa shape index (κ3) is 2.49. The smallest absolute Gasteiger partial charge is 0.138 e. The largest absolute Gasteiger partial charge is 0.373 e. The summed E-state index contributed by atoms with van der Waals surface area (Å²) in [6.45, 7) is 1.92. The number of rotatable bonds is 3. The van der Waals surface area contributed by atoms with Crippen molar-refractivity contribution in [2.45, 2.75) is 6.92 Å².